The van der Waals surface area contributed by atoms with Gasteiger partial charge in [0.05, 0.1) is 45.2 Å². The van der Waals surface area contributed by atoms with Gasteiger partial charge in [-0.2, -0.15) is 5.10 Å². The molecule has 2 N–H and O–H groups in total. The number of nitrogens with one attached hydrogen (secondary N) is 2. The minimum absolute atomic E-state index is 0.00825. The van der Waals surface area contributed by atoms with Crippen LogP contribution in [0.4, 0.5) is 0 Å². The minimum Gasteiger partial charge on any atom is -0.306 e. The number of aromatic nitrogens is 6. The van der Waals surface area contributed by atoms with Gasteiger partial charge in [0.2, 0.25) is 0 Å². The summed E-state index contributed by atoms with van der Waals surface area (Å²) in [5.41, 5.74) is 9.60. The molecule has 8 nitrogen and oxygen atoms in total. The summed E-state index contributed by atoms with van der Waals surface area (Å²) in [5, 5.41) is 8.23. The minimum atomic E-state index is -0.00825. The van der Waals surface area contributed by atoms with Crippen LogP contribution >= 0.6 is 0 Å². The maximum Gasteiger partial charge on any atom is 0.326 e. The monoisotopic (exact) mass is 551 g/mol. The number of imidazole rings is 1. The molecule has 0 aliphatic carbocycles. The Labute approximate surface area is 241 Å². The summed E-state index contributed by atoms with van der Waals surface area (Å²) in [6.07, 6.45) is 3.73. The molecule has 0 saturated carbocycles. The quantitative estimate of drug-likeness (QED) is 0.261. The van der Waals surface area contributed by atoms with Gasteiger partial charge in [0.1, 0.15) is 0 Å². The van der Waals surface area contributed by atoms with Gasteiger partial charge < -0.3 is 4.98 Å². The maximum absolute atomic E-state index is 12.7. The average Bonchev–Trinajstić information content (AvgIpc) is 3.63. The number of aromatic amines is 2. The maximum atomic E-state index is 12.7. The summed E-state index contributed by atoms with van der Waals surface area (Å²) in [5.74, 6) is 0. The zero-order valence-corrected chi connectivity index (χ0v) is 23.0. The van der Waals surface area contributed by atoms with E-state index in [2.05, 4.69) is 56.5 Å². The number of rotatable bonds is 5. The number of benzene rings is 4. The van der Waals surface area contributed by atoms with Crippen LogP contribution in [0.15, 0.2) is 102 Å². The van der Waals surface area contributed by atoms with E-state index in [1.807, 2.05) is 65.4 Å². The molecular formula is C34H29N7O. The lowest BCUT2D eigenvalue weighted by molar-refractivity contribution is 0.180. The van der Waals surface area contributed by atoms with Gasteiger partial charge in [-0.15, -0.1) is 0 Å². The first kappa shape index (κ1) is 24.7. The van der Waals surface area contributed by atoms with Gasteiger partial charge in [0.15, 0.2) is 0 Å². The molecule has 0 spiro atoms. The highest BCUT2D eigenvalue weighted by Gasteiger charge is 2.23. The van der Waals surface area contributed by atoms with Gasteiger partial charge in [0, 0.05) is 42.2 Å². The summed E-state index contributed by atoms with van der Waals surface area (Å²) >= 11 is 0. The third kappa shape index (κ3) is 4.37. The van der Waals surface area contributed by atoms with Crippen LogP contribution in [0, 0.1) is 0 Å². The van der Waals surface area contributed by atoms with Gasteiger partial charge in [-0.25, -0.2) is 14.8 Å². The SMILES string of the molecule is O=c1[nH]c2ccccc2n1C1CCN(Cc2ccc(-c3nc4cc5cn[nH]c5cc4nc3-c3ccccc3)cc2)CC1. The molecule has 1 saturated heterocycles. The van der Waals surface area contributed by atoms with E-state index in [9.17, 15) is 4.79 Å². The molecule has 0 radical (unpaired) electrons. The van der Waals surface area contributed by atoms with Crippen molar-refractivity contribution in [2.45, 2.75) is 25.4 Å². The topological polar surface area (TPSA) is 95.5 Å². The molecule has 0 amide bonds. The highest BCUT2D eigenvalue weighted by molar-refractivity contribution is 5.95. The van der Waals surface area contributed by atoms with E-state index in [0.29, 0.717) is 0 Å². The molecule has 4 aromatic carbocycles. The van der Waals surface area contributed by atoms with Crippen molar-refractivity contribution in [2.75, 3.05) is 13.1 Å². The zero-order valence-electron chi connectivity index (χ0n) is 23.0. The Morgan fingerprint density at radius 3 is 2.24 bits per heavy atom. The van der Waals surface area contributed by atoms with Gasteiger partial charge in [-0.05, 0) is 42.7 Å². The molecule has 8 rings (SSSR count). The molecule has 7 aromatic rings. The number of H-pyrrole nitrogens is 2. The highest BCUT2D eigenvalue weighted by Crippen LogP contribution is 2.33. The fourth-order valence-electron chi connectivity index (χ4n) is 6.29. The van der Waals surface area contributed by atoms with E-state index in [0.717, 1.165) is 88.0 Å². The van der Waals surface area contributed by atoms with Crippen molar-refractivity contribution < 1.29 is 0 Å². The third-order valence-corrected chi connectivity index (χ3v) is 8.45. The lowest BCUT2D eigenvalue weighted by Gasteiger charge is -2.32. The fraction of sp³-hybridized carbons (Fsp3) is 0.176. The molecule has 1 fully saturated rings. The highest BCUT2D eigenvalue weighted by atomic mass is 16.1. The summed E-state index contributed by atoms with van der Waals surface area (Å²) in [6.45, 7) is 2.79. The molecule has 42 heavy (non-hydrogen) atoms. The molecular weight excluding hydrogens is 522 g/mol. The Hall–Kier alpha value is -5.08. The lowest BCUT2D eigenvalue weighted by atomic mass is 10.0. The number of likely N-dealkylation sites (tertiary alicyclic amines) is 1. The van der Waals surface area contributed by atoms with Crippen LogP contribution in [0.5, 0.6) is 0 Å². The zero-order chi connectivity index (χ0) is 28.0. The van der Waals surface area contributed by atoms with Crippen LogP contribution in [0.1, 0.15) is 24.4 Å². The number of piperidine rings is 1. The first-order valence-corrected chi connectivity index (χ1v) is 14.4. The van der Waals surface area contributed by atoms with Crippen molar-refractivity contribution in [1.82, 2.24) is 34.6 Å². The van der Waals surface area contributed by atoms with Gasteiger partial charge in [0.25, 0.3) is 0 Å². The molecule has 3 aromatic heterocycles. The Balaban J connectivity index is 1.04. The number of hydrogen-bond donors (Lipinski definition) is 2. The molecule has 1 aliphatic heterocycles. The van der Waals surface area contributed by atoms with E-state index in [-0.39, 0.29) is 11.7 Å². The normalized spacial score (nSPS) is 14.8. The predicted octanol–water partition coefficient (Wildman–Crippen LogP) is 6.32. The predicted molar refractivity (Wildman–Crippen MR) is 166 cm³/mol. The summed E-state index contributed by atoms with van der Waals surface area (Å²) < 4.78 is 1.95. The summed E-state index contributed by atoms with van der Waals surface area (Å²) in [4.78, 5) is 28.3. The van der Waals surface area contributed by atoms with Crippen molar-refractivity contribution in [2.24, 2.45) is 0 Å². The largest absolute Gasteiger partial charge is 0.326 e. The molecule has 8 heteroatoms. The Morgan fingerprint density at radius 1 is 0.762 bits per heavy atom. The van der Waals surface area contributed by atoms with E-state index in [1.54, 1.807) is 0 Å². The summed E-state index contributed by atoms with van der Waals surface area (Å²) in [7, 11) is 0. The first-order chi connectivity index (χ1) is 20.7. The van der Waals surface area contributed by atoms with Crippen LogP contribution < -0.4 is 5.69 Å². The van der Waals surface area contributed by atoms with E-state index in [1.165, 1.54) is 5.56 Å². The average molecular weight is 552 g/mol. The van der Waals surface area contributed by atoms with Crippen LogP contribution in [0.3, 0.4) is 0 Å². The van der Waals surface area contributed by atoms with Crippen molar-refractivity contribution in [1.29, 1.82) is 0 Å². The van der Waals surface area contributed by atoms with Gasteiger partial charge >= 0.3 is 5.69 Å². The molecule has 0 unspecified atom stereocenters. The smallest absolute Gasteiger partial charge is 0.306 e. The number of fused-ring (bicyclic) bond motifs is 3. The second kappa shape index (κ2) is 10.1. The molecule has 0 bridgehead atoms. The molecule has 0 atom stereocenters. The first-order valence-electron chi connectivity index (χ1n) is 14.4. The number of nitrogens with zero attached hydrogens (tertiary/aromatic N) is 5. The van der Waals surface area contributed by atoms with E-state index >= 15 is 0 Å². The van der Waals surface area contributed by atoms with Crippen molar-refractivity contribution >= 4 is 33.0 Å². The fourth-order valence-corrected chi connectivity index (χ4v) is 6.29. The third-order valence-electron chi connectivity index (χ3n) is 8.45. The van der Waals surface area contributed by atoms with Crippen LogP contribution in [-0.2, 0) is 6.54 Å². The van der Waals surface area contributed by atoms with E-state index < -0.39 is 0 Å². The summed E-state index contributed by atoms with van der Waals surface area (Å²) in [6, 6.07) is 31.2. The van der Waals surface area contributed by atoms with Gasteiger partial charge in [-0.3, -0.25) is 14.6 Å². The molecule has 206 valence electrons. The number of para-hydroxylation sites is 2. The molecule has 1 aliphatic rings. The molecule has 4 heterocycles. The van der Waals surface area contributed by atoms with Crippen LogP contribution in [0.25, 0.3) is 55.5 Å². The van der Waals surface area contributed by atoms with Crippen LogP contribution in [0.2, 0.25) is 0 Å². The Bertz CT molecular complexity index is 2100. The van der Waals surface area contributed by atoms with E-state index in [4.69, 9.17) is 9.97 Å². The van der Waals surface area contributed by atoms with Crippen molar-refractivity contribution in [3.63, 3.8) is 0 Å². The number of hydrogen-bond acceptors (Lipinski definition) is 5. The lowest BCUT2D eigenvalue weighted by Crippen LogP contribution is -2.36. The Kier molecular flexibility index (Phi) is 5.93. The second-order valence-corrected chi connectivity index (χ2v) is 11.1. The standard InChI is InChI=1S/C34H29N7O/c42-34-38-27-8-4-5-9-31(27)41(34)26-14-16-40(17-15-26)21-22-10-12-24(13-11-22)33-32(23-6-2-1-3-7-23)37-30-19-28-25(20-35-39-28)18-29(30)36-33/h1-13,18-20,26H,14-17,21H2,(H,35,39)(H,38,42). The Morgan fingerprint density at radius 2 is 1.45 bits per heavy atom. The van der Waals surface area contributed by atoms with Crippen molar-refractivity contribution in [3.05, 3.63) is 113 Å². The second-order valence-electron chi connectivity index (χ2n) is 11.1. The van der Waals surface area contributed by atoms with Crippen molar-refractivity contribution in [3.8, 4) is 22.5 Å². The van der Waals surface area contributed by atoms with Gasteiger partial charge in [-0.1, -0.05) is 66.7 Å². The van der Waals surface area contributed by atoms with Crippen LogP contribution in [-0.4, -0.2) is 47.7 Å².